The van der Waals surface area contributed by atoms with Crippen LogP contribution in [0.1, 0.15) is 24.2 Å². The summed E-state index contributed by atoms with van der Waals surface area (Å²) in [7, 11) is -4.01. The van der Waals surface area contributed by atoms with Crippen LogP contribution in [0.5, 0.6) is 0 Å². The monoisotopic (exact) mass is 465 g/mol. The maximum atomic E-state index is 12.6. The summed E-state index contributed by atoms with van der Waals surface area (Å²) in [6.45, 7) is 3.24. The predicted molar refractivity (Wildman–Crippen MR) is 108 cm³/mol. The Hall–Kier alpha value is -1.91. The molecule has 0 bridgehead atoms. The van der Waals surface area contributed by atoms with E-state index in [0.717, 1.165) is 18.2 Å². The van der Waals surface area contributed by atoms with Crippen LogP contribution in [0.15, 0.2) is 35.2 Å². The normalized spacial score (nSPS) is 11.5. The molecule has 0 heterocycles. The lowest BCUT2D eigenvalue weighted by molar-refractivity contribution is -0.383. The highest BCUT2D eigenvalue weighted by Gasteiger charge is 2.24. The minimum Gasteiger partial charge on any atom is -0.316 e. The molecule has 2 rings (SSSR count). The van der Waals surface area contributed by atoms with Gasteiger partial charge in [0.25, 0.3) is 11.6 Å². The van der Waals surface area contributed by atoms with Crippen LogP contribution in [0, 0.1) is 10.1 Å². The van der Waals surface area contributed by atoms with Crippen LogP contribution >= 0.6 is 34.8 Å². The fraction of sp³-hybridized carbons (Fsp3) is 0.188. The van der Waals surface area contributed by atoms with E-state index in [1.165, 1.54) is 12.1 Å². The molecule has 8 nitrogen and oxygen atoms in total. The molecule has 0 aliphatic carbocycles. The van der Waals surface area contributed by atoms with Gasteiger partial charge < -0.3 is 5.32 Å². The molecule has 0 atom stereocenters. The molecule has 0 saturated carbocycles. The number of carbonyl (C=O) groups excluding carboxylic acids is 1. The first-order valence-electron chi connectivity index (χ1n) is 7.69. The number of benzene rings is 2. The van der Waals surface area contributed by atoms with E-state index < -0.39 is 32.6 Å². The quantitative estimate of drug-likeness (QED) is 0.480. The van der Waals surface area contributed by atoms with Gasteiger partial charge in [0.15, 0.2) is 0 Å². The zero-order chi connectivity index (χ0) is 21.2. The van der Waals surface area contributed by atoms with Crippen LogP contribution in [0.3, 0.4) is 0 Å². The number of nitro groups is 1. The third kappa shape index (κ3) is 5.12. The van der Waals surface area contributed by atoms with E-state index in [2.05, 4.69) is 10.0 Å². The van der Waals surface area contributed by atoms with Crippen molar-refractivity contribution in [1.82, 2.24) is 4.72 Å². The van der Waals surface area contributed by atoms with E-state index in [-0.39, 0.29) is 31.2 Å². The van der Waals surface area contributed by atoms with Crippen molar-refractivity contribution in [2.24, 2.45) is 0 Å². The van der Waals surface area contributed by atoms with Crippen molar-refractivity contribution in [3.8, 4) is 0 Å². The first-order valence-corrected chi connectivity index (χ1v) is 10.3. The van der Waals surface area contributed by atoms with Crippen molar-refractivity contribution in [2.45, 2.75) is 24.8 Å². The van der Waals surface area contributed by atoms with Crippen molar-refractivity contribution in [3.63, 3.8) is 0 Å². The summed E-state index contributed by atoms with van der Waals surface area (Å²) >= 11 is 17.8. The van der Waals surface area contributed by atoms with Gasteiger partial charge in [0.05, 0.1) is 20.5 Å². The van der Waals surface area contributed by atoms with Gasteiger partial charge in [-0.25, -0.2) is 13.1 Å². The maximum absolute atomic E-state index is 12.6. The number of rotatable bonds is 6. The molecular weight excluding hydrogens is 453 g/mol. The van der Waals surface area contributed by atoms with Crippen molar-refractivity contribution < 1.29 is 18.1 Å². The molecule has 1 amide bonds. The number of halogens is 3. The Labute approximate surface area is 176 Å². The number of nitro benzene ring substituents is 1. The summed E-state index contributed by atoms with van der Waals surface area (Å²) in [5.41, 5.74) is -0.783. The number of amides is 1. The zero-order valence-corrected chi connectivity index (χ0v) is 17.6. The summed E-state index contributed by atoms with van der Waals surface area (Å²) in [4.78, 5) is 22.7. The maximum Gasteiger partial charge on any atom is 0.294 e. The number of nitrogens with one attached hydrogen (secondary N) is 2. The molecule has 0 radical (unpaired) electrons. The topological polar surface area (TPSA) is 118 Å². The molecule has 2 N–H and O–H groups in total. The Morgan fingerprint density at radius 1 is 1.11 bits per heavy atom. The number of anilines is 1. The van der Waals surface area contributed by atoms with Crippen molar-refractivity contribution >= 4 is 62.1 Å². The van der Waals surface area contributed by atoms with Crippen molar-refractivity contribution in [1.29, 1.82) is 0 Å². The smallest absolute Gasteiger partial charge is 0.294 e. The SMILES string of the molecule is CC(C)NS(=O)(=O)c1cc(C(=O)Nc2ccc(Cl)cc2[N+](=O)[O-])c(Cl)cc1Cl. The Morgan fingerprint density at radius 3 is 2.32 bits per heavy atom. The molecule has 0 spiro atoms. The molecule has 150 valence electrons. The molecule has 0 saturated heterocycles. The third-order valence-corrected chi connectivity index (χ3v) is 6.02. The van der Waals surface area contributed by atoms with Gasteiger partial charge in [-0.2, -0.15) is 0 Å². The number of nitrogens with zero attached hydrogens (tertiary/aromatic N) is 1. The highest BCUT2D eigenvalue weighted by molar-refractivity contribution is 7.89. The first-order chi connectivity index (χ1) is 12.9. The number of sulfonamides is 1. The molecule has 2 aromatic carbocycles. The predicted octanol–water partition coefficient (Wildman–Crippen LogP) is 4.49. The first kappa shape index (κ1) is 22.4. The van der Waals surface area contributed by atoms with E-state index in [4.69, 9.17) is 34.8 Å². The van der Waals surface area contributed by atoms with Gasteiger partial charge in [-0.05, 0) is 38.1 Å². The van der Waals surface area contributed by atoms with Crippen molar-refractivity contribution in [2.75, 3.05) is 5.32 Å². The van der Waals surface area contributed by atoms with Gasteiger partial charge in [0.1, 0.15) is 10.6 Å². The van der Waals surface area contributed by atoms with Crippen LogP contribution in [-0.4, -0.2) is 25.3 Å². The summed E-state index contributed by atoms with van der Waals surface area (Å²) in [6.07, 6.45) is 0. The summed E-state index contributed by atoms with van der Waals surface area (Å²) in [5.74, 6) is -0.854. The molecular formula is C16H14Cl3N3O5S. The van der Waals surface area contributed by atoms with Crippen LogP contribution in [0.25, 0.3) is 0 Å². The molecule has 0 unspecified atom stereocenters. The van der Waals surface area contributed by atoms with E-state index in [1.54, 1.807) is 13.8 Å². The van der Waals surface area contributed by atoms with Crippen LogP contribution in [-0.2, 0) is 10.0 Å². The highest BCUT2D eigenvalue weighted by atomic mass is 35.5. The lowest BCUT2D eigenvalue weighted by Gasteiger charge is -2.13. The summed E-state index contributed by atoms with van der Waals surface area (Å²) in [5, 5.41) is 13.3. The average molecular weight is 467 g/mol. The lowest BCUT2D eigenvalue weighted by atomic mass is 10.2. The van der Waals surface area contributed by atoms with Crippen LogP contribution in [0.4, 0.5) is 11.4 Å². The second-order valence-electron chi connectivity index (χ2n) is 5.91. The third-order valence-electron chi connectivity index (χ3n) is 3.35. The molecule has 0 fully saturated rings. The van der Waals surface area contributed by atoms with Crippen molar-refractivity contribution in [3.05, 3.63) is 61.1 Å². The van der Waals surface area contributed by atoms with E-state index in [0.29, 0.717) is 0 Å². The standard InChI is InChI=1S/C16H14Cl3N3O5S/c1-8(2)21-28(26,27)15-6-10(11(18)7-12(15)19)16(23)20-13-4-3-9(17)5-14(13)22(24)25/h3-8,21H,1-2H3,(H,20,23). The second-order valence-corrected chi connectivity index (χ2v) is 8.84. The number of carbonyl (C=O) groups is 1. The van der Waals surface area contributed by atoms with Gasteiger partial charge >= 0.3 is 0 Å². The minimum absolute atomic E-state index is 0.113. The number of hydrogen-bond acceptors (Lipinski definition) is 5. The van der Waals surface area contributed by atoms with Crippen LogP contribution < -0.4 is 10.0 Å². The Balaban J connectivity index is 2.47. The summed E-state index contributed by atoms with van der Waals surface area (Å²) in [6, 6.07) is 5.39. The molecule has 28 heavy (non-hydrogen) atoms. The van der Waals surface area contributed by atoms with Gasteiger partial charge in [0.2, 0.25) is 10.0 Å². The molecule has 12 heteroatoms. The Morgan fingerprint density at radius 2 is 1.75 bits per heavy atom. The Kier molecular flexibility index (Phi) is 6.89. The number of hydrogen-bond donors (Lipinski definition) is 2. The molecule has 0 aromatic heterocycles. The zero-order valence-electron chi connectivity index (χ0n) is 14.5. The average Bonchev–Trinajstić information content (AvgIpc) is 2.54. The largest absolute Gasteiger partial charge is 0.316 e. The van der Waals surface area contributed by atoms with E-state index in [1.807, 2.05) is 0 Å². The van der Waals surface area contributed by atoms with E-state index >= 15 is 0 Å². The highest BCUT2D eigenvalue weighted by Crippen LogP contribution is 2.31. The summed E-state index contributed by atoms with van der Waals surface area (Å²) < 4.78 is 27.2. The van der Waals surface area contributed by atoms with Crippen LogP contribution in [0.2, 0.25) is 15.1 Å². The fourth-order valence-electron chi connectivity index (χ4n) is 2.23. The minimum atomic E-state index is -4.01. The van der Waals surface area contributed by atoms with Gasteiger partial charge in [0, 0.05) is 17.1 Å². The second kappa shape index (κ2) is 8.62. The fourth-order valence-corrected chi connectivity index (χ4v) is 4.51. The van der Waals surface area contributed by atoms with E-state index in [9.17, 15) is 23.3 Å². The van der Waals surface area contributed by atoms with Gasteiger partial charge in [-0.1, -0.05) is 34.8 Å². The van der Waals surface area contributed by atoms with Gasteiger partial charge in [-0.15, -0.1) is 0 Å². The lowest BCUT2D eigenvalue weighted by Crippen LogP contribution is -2.30. The molecule has 0 aliphatic heterocycles. The molecule has 2 aromatic rings. The Bertz CT molecular complexity index is 1060. The van der Waals surface area contributed by atoms with Gasteiger partial charge in [-0.3, -0.25) is 14.9 Å². The molecule has 0 aliphatic rings.